The van der Waals surface area contributed by atoms with Gasteiger partial charge >= 0.3 is 0 Å². The third-order valence-electron chi connectivity index (χ3n) is 1.93. The van der Waals surface area contributed by atoms with Crippen molar-refractivity contribution >= 4 is 40.2 Å². The second-order valence-electron chi connectivity index (χ2n) is 3.09. The molecule has 0 aliphatic carbocycles. The van der Waals surface area contributed by atoms with E-state index in [0.717, 1.165) is 22.3 Å². The quantitative estimate of drug-likeness (QED) is 0.843. The largest absolute Gasteiger partial charge is 0.380 e. The maximum Gasteiger partial charge on any atom is 0.0516 e. The van der Waals surface area contributed by atoms with E-state index >= 15 is 0 Å². The van der Waals surface area contributed by atoms with E-state index in [1.54, 1.807) is 11.3 Å². The van der Waals surface area contributed by atoms with Crippen molar-refractivity contribution in [1.82, 2.24) is 0 Å². The number of hydrogen-bond donors (Lipinski definition) is 1. The highest BCUT2D eigenvalue weighted by Crippen LogP contribution is 2.20. The summed E-state index contributed by atoms with van der Waals surface area (Å²) in [4.78, 5) is 1.22. The second-order valence-corrected chi connectivity index (χ2v) is 4.96. The number of halogens is 2. The van der Waals surface area contributed by atoms with Crippen LogP contribution in [0.25, 0.3) is 0 Å². The molecule has 0 atom stereocenters. The Morgan fingerprint density at radius 3 is 2.40 bits per heavy atom. The van der Waals surface area contributed by atoms with Gasteiger partial charge in [0.1, 0.15) is 0 Å². The van der Waals surface area contributed by atoms with Gasteiger partial charge in [-0.25, -0.2) is 0 Å². The van der Waals surface area contributed by atoms with Gasteiger partial charge in [0.25, 0.3) is 0 Å². The lowest BCUT2D eigenvalue weighted by molar-refractivity contribution is 1.19. The molecule has 0 saturated carbocycles. The van der Waals surface area contributed by atoms with E-state index in [4.69, 9.17) is 23.2 Å². The molecule has 1 nitrogen and oxygen atoms in total. The Labute approximate surface area is 103 Å². The van der Waals surface area contributed by atoms with E-state index < -0.39 is 0 Å². The minimum Gasteiger partial charge on any atom is -0.380 e. The summed E-state index contributed by atoms with van der Waals surface area (Å²) in [5.74, 6) is 0. The molecule has 15 heavy (non-hydrogen) atoms. The van der Waals surface area contributed by atoms with Crippen LogP contribution in [-0.2, 0) is 6.54 Å². The van der Waals surface area contributed by atoms with E-state index in [-0.39, 0.29) is 0 Å². The van der Waals surface area contributed by atoms with Crippen LogP contribution in [0, 0.1) is 0 Å². The Morgan fingerprint density at radius 2 is 1.80 bits per heavy atom. The van der Waals surface area contributed by atoms with Crippen molar-refractivity contribution in [3.8, 4) is 0 Å². The summed E-state index contributed by atoms with van der Waals surface area (Å²) in [6.45, 7) is 0.791. The number of hydrogen-bond acceptors (Lipinski definition) is 2. The average molecular weight is 258 g/mol. The molecule has 0 spiro atoms. The van der Waals surface area contributed by atoms with Crippen LogP contribution in [0.4, 0.5) is 5.69 Å². The summed E-state index contributed by atoms with van der Waals surface area (Å²) in [7, 11) is 0. The van der Waals surface area contributed by atoms with Crippen molar-refractivity contribution in [3.05, 3.63) is 50.6 Å². The summed E-state index contributed by atoms with van der Waals surface area (Å²) in [5, 5.41) is 6.77. The Kier molecular flexibility index (Phi) is 3.52. The van der Waals surface area contributed by atoms with Gasteiger partial charge in [0.2, 0.25) is 0 Å². The predicted octanol–water partition coefficient (Wildman–Crippen LogP) is 4.67. The highest BCUT2D eigenvalue weighted by atomic mass is 35.5. The molecule has 1 aromatic heterocycles. The van der Waals surface area contributed by atoms with Crippen LogP contribution in [0.15, 0.2) is 35.7 Å². The molecule has 0 unspecified atom stereocenters. The zero-order chi connectivity index (χ0) is 10.7. The molecule has 0 amide bonds. The highest BCUT2D eigenvalue weighted by Gasteiger charge is 1.97. The number of rotatable bonds is 3. The van der Waals surface area contributed by atoms with Gasteiger partial charge < -0.3 is 5.32 Å². The normalized spacial score (nSPS) is 10.3. The summed E-state index contributed by atoms with van der Waals surface area (Å²) in [5.41, 5.74) is 1.06. The van der Waals surface area contributed by atoms with E-state index in [0.29, 0.717) is 0 Å². The zero-order valence-corrected chi connectivity index (χ0v) is 10.2. The van der Waals surface area contributed by atoms with Gasteiger partial charge in [-0.3, -0.25) is 0 Å². The fraction of sp³-hybridized carbons (Fsp3) is 0.0909. The Bertz CT molecular complexity index is 436. The van der Waals surface area contributed by atoms with Crippen LogP contribution >= 0.6 is 34.5 Å². The summed E-state index contributed by atoms with van der Waals surface area (Å²) >= 11 is 13.3. The molecule has 1 aromatic carbocycles. The van der Waals surface area contributed by atoms with Gasteiger partial charge in [0.05, 0.1) is 5.02 Å². The van der Waals surface area contributed by atoms with Crippen LogP contribution in [0.3, 0.4) is 0 Å². The fourth-order valence-electron chi connectivity index (χ4n) is 1.20. The van der Waals surface area contributed by atoms with Gasteiger partial charge in [0.15, 0.2) is 0 Å². The number of benzene rings is 1. The van der Waals surface area contributed by atoms with Crippen molar-refractivity contribution in [2.24, 2.45) is 0 Å². The molecule has 1 heterocycles. The molecule has 2 rings (SSSR count). The van der Waals surface area contributed by atoms with Gasteiger partial charge in [0, 0.05) is 27.5 Å². The molecular weight excluding hydrogens is 249 g/mol. The van der Waals surface area contributed by atoms with Crippen molar-refractivity contribution in [2.75, 3.05) is 5.32 Å². The van der Waals surface area contributed by atoms with E-state index in [2.05, 4.69) is 5.32 Å². The first kappa shape index (κ1) is 10.8. The molecule has 78 valence electrons. The SMILES string of the molecule is Clc1ccc(NCc2cc(Cl)cs2)cc1. The average Bonchev–Trinajstić information content (AvgIpc) is 2.64. The minimum atomic E-state index is 0.750. The standard InChI is InChI=1S/C11H9Cl2NS/c12-8-1-3-10(4-2-8)14-6-11-5-9(13)7-15-11/h1-5,7,14H,6H2. The van der Waals surface area contributed by atoms with Gasteiger partial charge in [-0.15, -0.1) is 11.3 Å². The first-order valence-electron chi connectivity index (χ1n) is 4.46. The first-order chi connectivity index (χ1) is 7.24. The smallest absolute Gasteiger partial charge is 0.0516 e. The van der Waals surface area contributed by atoms with Crippen LogP contribution in [0.5, 0.6) is 0 Å². The van der Waals surface area contributed by atoms with Crippen LogP contribution in [0.2, 0.25) is 10.0 Å². The van der Waals surface area contributed by atoms with E-state index in [1.807, 2.05) is 35.7 Å². The predicted molar refractivity (Wildman–Crippen MR) is 68.1 cm³/mol. The van der Waals surface area contributed by atoms with Gasteiger partial charge in [-0.1, -0.05) is 23.2 Å². The zero-order valence-electron chi connectivity index (χ0n) is 7.84. The molecule has 0 bridgehead atoms. The molecule has 2 aromatic rings. The summed E-state index contributed by atoms with van der Waals surface area (Å²) < 4.78 is 0. The number of nitrogens with one attached hydrogen (secondary N) is 1. The molecule has 0 aliphatic rings. The van der Waals surface area contributed by atoms with Crippen LogP contribution in [0.1, 0.15) is 4.88 Å². The molecule has 0 fully saturated rings. The molecule has 0 saturated heterocycles. The summed E-state index contributed by atoms with van der Waals surface area (Å²) in [6.07, 6.45) is 0. The maximum atomic E-state index is 5.83. The molecule has 0 aliphatic heterocycles. The van der Waals surface area contributed by atoms with Crippen molar-refractivity contribution in [2.45, 2.75) is 6.54 Å². The molecule has 4 heteroatoms. The van der Waals surface area contributed by atoms with Crippen molar-refractivity contribution < 1.29 is 0 Å². The maximum absolute atomic E-state index is 5.83. The van der Waals surface area contributed by atoms with Crippen LogP contribution < -0.4 is 5.32 Å². The van der Waals surface area contributed by atoms with Crippen molar-refractivity contribution in [3.63, 3.8) is 0 Å². The third kappa shape index (κ3) is 3.13. The van der Waals surface area contributed by atoms with Gasteiger partial charge in [-0.2, -0.15) is 0 Å². The second kappa shape index (κ2) is 4.88. The lowest BCUT2D eigenvalue weighted by Gasteiger charge is -2.03. The Balaban J connectivity index is 1.96. The monoisotopic (exact) mass is 257 g/mol. The summed E-state index contributed by atoms with van der Waals surface area (Å²) in [6, 6.07) is 9.61. The Morgan fingerprint density at radius 1 is 1.07 bits per heavy atom. The molecular formula is C11H9Cl2NS. The van der Waals surface area contributed by atoms with Gasteiger partial charge in [-0.05, 0) is 30.3 Å². The minimum absolute atomic E-state index is 0.750. The number of anilines is 1. The number of thiophene rings is 1. The van der Waals surface area contributed by atoms with Crippen molar-refractivity contribution in [1.29, 1.82) is 0 Å². The van der Waals surface area contributed by atoms with E-state index in [9.17, 15) is 0 Å². The third-order valence-corrected chi connectivity index (χ3v) is 3.47. The Hall–Kier alpha value is -0.700. The van der Waals surface area contributed by atoms with Crippen LogP contribution in [-0.4, -0.2) is 0 Å². The molecule has 0 radical (unpaired) electrons. The topological polar surface area (TPSA) is 12.0 Å². The fourth-order valence-corrected chi connectivity index (χ4v) is 2.34. The van der Waals surface area contributed by atoms with E-state index in [1.165, 1.54) is 4.88 Å². The lowest BCUT2D eigenvalue weighted by atomic mass is 10.3. The highest BCUT2D eigenvalue weighted by molar-refractivity contribution is 7.10. The molecule has 1 N–H and O–H groups in total. The first-order valence-corrected chi connectivity index (χ1v) is 6.10. The lowest BCUT2D eigenvalue weighted by Crippen LogP contribution is -1.96.